The van der Waals surface area contributed by atoms with Gasteiger partial charge in [-0.1, -0.05) is 0 Å². The molecule has 2 rings (SSSR count). The van der Waals surface area contributed by atoms with Gasteiger partial charge in [0.25, 0.3) is 5.69 Å². The summed E-state index contributed by atoms with van der Waals surface area (Å²) in [6, 6.07) is 7.80. The van der Waals surface area contributed by atoms with Gasteiger partial charge >= 0.3 is 0 Å². The van der Waals surface area contributed by atoms with Gasteiger partial charge in [0, 0.05) is 23.9 Å². The van der Waals surface area contributed by atoms with Crippen molar-refractivity contribution in [2.45, 2.75) is 0 Å². The average Bonchev–Trinajstić information content (AvgIpc) is 2.39. The molecule has 7 heteroatoms. The third-order valence-corrected chi connectivity index (χ3v) is 2.16. The summed E-state index contributed by atoms with van der Waals surface area (Å²) in [5.74, 6) is 5.49. The lowest BCUT2D eigenvalue weighted by Crippen LogP contribution is -2.10. The van der Waals surface area contributed by atoms with Gasteiger partial charge in [-0.05, 0) is 18.2 Å². The number of hydrogen-bond acceptors (Lipinski definition) is 6. The first-order chi connectivity index (χ1) is 8.20. The maximum absolute atomic E-state index is 10.5. The molecule has 0 atom stereocenters. The highest BCUT2D eigenvalue weighted by molar-refractivity contribution is 5.61. The Labute approximate surface area is 96.4 Å². The number of nitrogens with one attached hydrogen (secondary N) is 1. The number of hydrazine groups is 1. The Morgan fingerprint density at radius 2 is 1.94 bits per heavy atom. The van der Waals surface area contributed by atoms with E-state index in [1.807, 2.05) is 0 Å². The van der Waals surface area contributed by atoms with E-state index in [1.165, 1.54) is 12.1 Å². The molecule has 0 bridgehead atoms. The highest BCUT2D eigenvalue weighted by atomic mass is 16.6. The SMILES string of the molecule is NNc1nccc(-c2ccc([N+](=O)[O-])cc2)n1. The number of rotatable bonds is 3. The molecule has 0 aliphatic carbocycles. The Bertz CT molecular complexity index is 541. The molecule has 86 valence electrons. The van der Waals surface area contributed by atoms with Crippen molar-refractivity contribution in [2.24, 2.45) is 5.84 Å². The van der Waals surface area contributed by atoms with Crippen molar-refractivity contribution < 1.29 is 4.92 Å². The van der Waals surface area contributed by atoms with Gasteiger partial charge in [0.2, 0.25) is 5.95 Å². The van der Waals surface area contributed by atoms with Crippen molar-refractivity contribution in [1.82, 2.24) is 9.97 Å². The number of nitrogen functional groups attached to an aromatic ring is 1. The highest BCUT2D eigenvalue weighted by Gasteiger charge is 2.06. The van der Waals surface area contributed by atoms with Crippen molar-refractivity contribution in [3.63, 3.8) is 0 Å². The van der Waals surface area contributed by atoms with Crippen LogP contribution in [-0.4, -0.2) is 14.9 Å². The number of benzene rings is 1. The lowest BCUT2D eigenvalue weighted by atomic mass is 10.1. The van der Waals surface area contributed by atoms with Crippen molar-refractivity contribution in [2.75, 3.05) is 5.43 Å². The number of nitro groups is 1. The standard InChI is InChI=1S/C10H9N5O2/c11-14-10-12-6-5-9(13-10)7-1-3-8(4-2-7)15(16)17/h1-6H,11H2,(H,12,13,14). The zero-order valence-corrected chi connectivity index (χ0v) is 8.70. The summed E-state index contributed by atoms with van der Waals surface area (Å²) in [5.41, 5.74) is 3.78. The minimum absolute atomic E-state index is 0.0416. The monoisotopic (exact) mass is 231 g/mol. The van der Waals surface area contributed by atoms with Crippen LogP contribution in [0.2, 0.25) is 0 Å². The van der Waals surface area contributed by atoms with Gasteiger partial charge in [0.05, 0.1) is 10.6 Å². The molecule has 0 aliphatic rings. The second-order valence-electron chi connectivity index (χ2n) is 3.21. The van der Waals surface area contributed by atoms with Gasteiger partial charge in [-0.15, -0.1) is 0 Å². The number of aromatic nitrogens is 2. The van der Waals surface area contributed by atoms with Crippen LogP contribution < -0.4 is 11.3 Å². The van der Waals surface area contributed by atoms with Crippen LogP contribution in [0.1, 0.15) is 0 Å². The second-order valence-corrected chi connectivity index (χ2v) is 3.21. The maximum Gasteiger partial charge on any atom is 0.269 e. The van der Waals surface area contributed by atoms with Gasteiger partial charge < -0.3 is 0 Å². The van der Waals surface area contributed by atoms with Crippen molar-refractivity contribution in [1.29, 1.82) is 0 Å². The lowest BCUT2D eigenvalue weighted by molar-refractivity contribution is -0.384. The first-order valence-corrected chi connectivity index (χ1v) is 4.75. The molecule has 0 amide bonds. The van der Waals surface area contributed by atoms with E-state index in [4.69, 9.17) is 5.84 Å². The van der Waals surface area contributed by atoms with Gasteiger partial charge in [-0.25, -0.2) is 15.8 Å². The first-order valence-electron chi connectivity index (χ1n) is 4.75. The molecule has 1 aromatic heterocycles. The van der Waals surface area contributed by atoms with Crippen LogP contribution >= 0.6 is 0 Å². The number of hydrogen-bond donors (Lipinski definition) is 2. The molecule has 0 spiro atoms. The summed E-state index contributed by atoms with van der Waals surface area (Å²) in [6.45, 7) is 0. The van der Waals surface area contributed by atoms with Gasteiger partial charge in [-0.2, -0.15) is 0 Å². The van der Waals surface area contributed by atoms with E-state index >= 15 is 0 Å². The van der Waals surface area contributed by atoms with E-state index < -0.39 is 4.92 Å². The average molecular weight is 231 g/mol. The Balaban J connectivity index is 2.36. The summed E-state index contributed by atoms with van der Waals surface area (Å²) in [7, 11) is 0. The molecule has 1 heterocycles. The van der Waals surface area contributed by atoms with Crippen LogP contribution in [0.3, 0.4) is 0 Å². The van der Waals surface area contributed by atoms with Crippen LogP contribution in [0.5, 0.6) is 0 Å². The Morgan fingerprint density at radius 1 is 1.24 bits per heavy atom. The van der Waals surface area contributed by atoms with E-state index in [2.05, 4.69) is 15.4 Å². The van der Waals surface area contributed by atoms with E-state index in [0.29, 0.717) is 11.6 Å². The first kappa shape index (κ1) is 11.0. The third kappa shape index (κ3) is 2.34. The summed E-state index contributed by atoms with van der Waals surface area (Å²) < 4.78 is 0. The minimum atomic E-state index is -0.448. The maximum atomic E-state index is 10.5. The Kier molecular flexibility index (Phi) is 2.93. The van der Waals surface area contributed by atoms with Crippen LogP contribution in [0, 0.1) is 10.1 Å². The lowest BCUT2D eigenvalue weighted by Gasteiger charge is -2.02. The normalized spacial score (nSPS) is 9.94. The highest BCUT2D eigenvalue weighted by Crippen LogP contribution is 2.20. The smallest absolute Gasteiger partial charge is 0.269 e. The Morgan fingerprint density at radius 3 is 2.53 bits per heavy atom. The summed E-state index contributed by atoms with van der Waals surface area (Å²) in [4.78, 5) is 18.0. The summed E-state index contributed by atoms with van der Waals surface area (Å²) in [6.07, 6.45) is 1.55. The van der Waals surface area contributed by atoms with Gasteiger partial charge in [0.15, 0.2) is 0 Å². The zero-order valence-electron chi connectivity index (χ0n) is 8.70. The Hall–Kier alpha value is -2.54. The van der Waals surface area contributed by atoms with Crippen molar-refractivity contribution >= 4 is 11.6 Å². The van der Waals surface area contributed by atoms with E-state index in [-0.39, 0.29) is 5.69 Å². The predicted octanol–water partition coefficient (Wildman–Crippen LogP) is 1.34. The molecular weight excluding hydrogens is 222 g/mol. The number of nitro benzene ring substituents is 1. The number of nitrogens with zero attached hydrogens (tertiary/aromatic N) is 3. The molecule has 0 fully saturated rings. The van der Waals surface area contributed by atoms with E-state index in [9.17, 15) is 10.1 Å². The molecule has 1 aromatic carbocycles. The number of nitrogens with two attached hydrogens (primary N) is 1. The minimum Gasteiger partial charge on any atom is -0.292 e. The fourth-order valence-electron chi connectivity index (χ4n) is 1.34. The molecule has 0 saturated heterocycles. The molecule has 0 radical (unpaired) electrons. The zero-order chi connectivity index (χ0) is 12.3. The molecule has 7 nitrogen and oxygen atoms in total. The topological polar surface area (TPSA) is 107 Å². The molecule has 0 saturated carbocycles. The molecule has 17 heavy (non-hydrogen) atoms. The van der Waals surface area contributed by atoms with Crippen molar-refractivity contribution in [3.05, 3.63) is 46.6 Å². The van der Waals surface area contributed by atoms with Gasteiger partial charge in [-0.3, -0.25) is 15.5 Å². The van der Waals surface area contributed by atoms with Crippen LogP contribution in [0.4, 0.5) is 11.6 Å². The quantitative estimate of drug-likeness (QED) is 0.469. The molecule has 3 N–H and O–H groups in total. The van der Waals surface area contributed by atoms with Crippen molar-refractivity contribution in [3.8, 4) is 11.3 Å². The number of anilines is 1. The summed E-state index contributed by atoms with van der Waals surface area (Å²) >= 11 is 0. The molecule has 0 unspecified atom stereocenters. The van der Waals surface area contributed by atoms with Crippen LogP contribution in [0.15, 0.2) is 36.5 Å². The fraction of sp³-hybridized carbons (Fsp3) is 0. The second kappa shape index (κ2) is 4.54. The van der Waals surface area contributed by atoms with Gasteiger partial charge in [0.1, 0.15) is 0 Å². The molecular formula is C10H9N5O2. The predicted molar refractivity (Wildman–Crippen MR) is 61.9 cm³/mol. The summed E-state index contributed by atoms with van der Waals surface area (Å²) in [5, 5.41) is 10.5. The molecule has 0 aliphatic heterocycles. The molecule has 2 aromatic rings. The largest absolute Gasteiger partial charge is 0.292 e. The number of non-ortho nitro benzene ring substituents is 1. The van der Waals surface area contributed by atoms with E-state index in [0.717, 1.165) is 5.56 Å². The fourth-order valence-corrected chi connectivity index (χ4v) is 1.34. The third-order valence-electron chi connectivity index (χ3n) is 2.16. The van der Waals surface area contributed by atoms with Crippen LogP contribution in [-0.2, 0) is 0 Å². The van der Waals surface area contributed by atoms with Crippen LogP contribution in [0.25, 0.3) is 11.3 Å². The van der Waals surface area contributed by atoms with E-state index in [1.54, 1.807) is 24.4 Å².